The van der Waals surface area contributed by atoms with Crippen LogP contribution in [0.4, 0.5) is 0 Å². The lowest BCUT2D eigenvalue weighted by Crippen LogP contribution is -2.12. The summed E-state index contributed by atoms with van der Waals surface area (Å²) < 4.78 is 0. The minimum atomic E-state index is -0.567. The van der Waals surface area contributed by atoms with Gasteiger partial charge < -0.3 is 5.73 Å². The van der Waals surface area contributed by atoms with Gasteiger partial charge in [0.05, 0.1) is 0 Å². The van der Waals surface area contributed by atoms with Crippen LogP contribution in [0.15, 0.2) is 18.3 Å². The molecule has 0 saturated carbocycles. The van der Waals surface area contributed by atoms with Gasteiger partial charge in [0.15, 0.2) is 0 Å². The van der Waals surface area contributed by atoms with Crippen molar-refractivity contribution in [1.29, 1.82) is 0 Å². The molecule has 0 aliphatic carbocycles. The standard InChI is InChI=1S/C6H5ClN2O.ClH/c7-4-1-2-9-5(3-4)6(8)10;/h1-3H,(H2,8,10);1H. The molecule has 1 heterocycles. The average Bonchev–Trinajstić information content (AvgIpc) is 1.88. The number of halogens is 2. The lowest BCUT2D eigenvalue weighted by Gasteiger charge is -1.92. The van der Waals surface area contributed by atoms with Gasteiger partial charge in [-0.15, -0.1) is 12.4 Å². The molecule has 0 atom stereocenters. The van der Waals surface area contributed by atoms with Crippen molar-refractivity contribution in [2.24, 2.45) is 5.73 Å². The zero-order valence-corrected chi connectivity index (χ0v) is 7.02. The molecule has 0 bridgehead atoms. The molecule has 0 aromatic carbocycles. The SMILES string of the molecule is Cl.NC(=O)c1cc(Cl)ccn1. The third-order valence-electron chi connectivity index (χ3n) is 0.974. The Morgan fingerprint density at radius 3 is 2.64 bits per heavy atom. The number of carbonyl (C=O) groups is 1. The van der Waals surface area contributed by atoms with Gasteiger partial charge in [-0.25, -0.2) is 0 Å². The topological polar surface area (TPSA) is 56.0 Å². The summed E-state index contributed by atoms with van der Waals surface area (Å²) in [5, 5.41) is 0.462. The maximum atomic E-state index is 10.5. The summed E-state index contributed by atoms with van der Waals surface area (Å²) in [7, 11) is 0. The van der Waals surface area contributed by atoms with Crippen LogP contribution in [-0.4, -0.2) is 10.9 Å². The number of pyridine rings is 1. The Kier molecular flexibility index (Phi) is 3.85. The summed E-state index contributed by atoms with van der Waals surface area (Å²) >= 11 is 5.54. The van der Waals surface area contributed by atoms with Gasteiger partial charge in [0.1, 0.15) is 5.69 Å². The third kappa shape index (κ3) is 2.74. The normalized spacial score (nSPS) is 8.45. The van der Waals surface area contributed by atoms with Gasteiger partial charge in [-0.3, -0.25) is 9.78 Å². The Bertz CT molecular complexity index is 265. The van der Waals surface area contributed by atoms with E-state index in [2.05, 4.69) is 4.98 Å². The predicted octanol–water partition coefficient (Wildman–Crippen LogP) is 1.26. The third-order valence-corrected chi connectivity index (χ3v) is 1.21. The first-order valence-corrected chi connectivity index (χ1v) is 2.99. The van der Waals surface area contributed by atoms with Crippen molar-refractivity contribution in [3.05, 3.63) is 29.0 Å². The number of aromatic nitrogens is 1. The van der Waals surface area contributed by atoms with E-state index in [1.165, 1.54) is 12.3 Å². The summed E-state index contributed by atoms with van der Waals surface area (Å²) in [6.07, 6.45) is 1.43. The zero-order valence-electron chi connectivity index (χ0n) is 5.45. The monoisotopic (exact) mass is 192 g/mol. The van der Waals surface area contributed by atoms with Crippen LogP contribution in [-0.2, 0) is 0 Å². The molecule has 60 valence electrons. The van der Waals surface area contributed by atoms with E-state index < -0.39 is 5.91 Å². The highest BCUT2D eigenvalue weighted by Crippen LogP contribution is 2.06. The summed E-state index contributed by atoms with van der Waals surface area (Å²) in [6, 6.07) is 3.00. The highest BCUT2D eigenvalue weighted by atomic mass is 35.5. The fraction of sp³-hybridized carbons (Fsp3) is 0. The second-order valence-corrected chi connectivity index (χ2v) is 2.16. The summed E-state index contributed by atoms with van der Waals surface area (Å²) in [5.74, 6) is -0.567. The Hall–Kier alpha value is -0.800. The van der Waals surface area contributed by atoms with Crippen LogP contribution in [0.25, 0.3) is 0 Å². The second kappa shape index (κ2) is 4.16. The minimum absolute atomic E-state index is 0. The first-order chi connectivity index (χ1) is 4.70. The van der Waals surface area contributed by atoms with E-state index >= 15 is 0 Å². The number of carbonyl (C=O) groups excluding carboxylic acids is 1. The molecule has 0 fully saturated rings. The quantitative estimate of drug-likeness (QED) is 0.729. The average molecular weight is 193 g/mol. The van der Waals surface area contributed by atoms with Gasteiger partial charge in [0.25, 0.3) is 5.91 Å². The Labute approximate surface area is 75.0 Å². The van der Waals surface area contributed by atoms with Crippen LogP contribution in [0.3, 0.4) is 0 Å². The van der Waals surface area contributed by atoms with Crippen molar-refractivity contribution in [3.63, 3.8) is 0 Å². The molecule has 1 aromatic heterocycles. The maximum Gasteiger partial charge on any atom is 0.267 e. The minimum Gasteiger partial charge on any atom is -0.364 e. The highest BCUT2D eigenvalue weighted by molar-refractivity contribution is 6.30. The molecule has 0 saturated heterocycles. The van der Waals surface area contributed by atoms with Crippen molar-refractivity contribution in [2.45, 2.75) is 0 Å². The fourth-order valence-corrected chi connectivity index (χ4v) is 0.699. The lowest BCUT2D eigenvalue weighted by atomic mass is 10.3. The van der Waals surface area contributed by atoms with Crippen molar-refractivity contribution < 1.29 is 4.79 Å². The molecular formula is C6H6Cl2N2O. The molecule has 2 N–H and O–H groups in total. The number of amides is 1. The largest absolute Gasteiger partial charge is 0.364 e. The molecule has 0 radical (unpaired) electrons. The molecule has 0 aliphatic rings. The van der Waals surface area contributed by atoms with Gasteiger partial charge in [-0.1, -0.05) is 11.6 Å². The number of nitrogens with zero attached hydrogens (tertiary/aromatic N) is 1. The van der Waals surface area contributed by atoms with Crippen LogP contribution in [0, 0.1) is 0 Å². The number of hydrogen-bond donors (Lipinski definition) is 1. The van der Waals surface area contributed by atoms with Gasteiger partial charge >= 0.3 is 0 Å². The van der Waals surface area contributed by atoms with E-state index in [0.29, 0.717) is 5.02 Å². The van der Waals surface area contributed by atoms with Crippen molar-refractivity contribution in [3.8, 4) is 0 Å². The number of primary amides is 1. The number of rotatable bonds is 1. The molecule has 1 amide bonds. The summed E-state index contributed by atoms with van der Waals surface area (Å²) in [4.78, 5) is 14.1. The van der Waals surface area contributed by atoms with Gasteiger partial charge in [0.2, 0.25) is 0 Å². The van der Waals surface area contributed by atoms with Crippen LogP contribution < -0.4 is 5.73 Å². The number of hydrogen-bond acceptors (Lipinski definition) is 2. The van der Waals surface area contributed by atoms with Gasteiger partial charge in [-0.2, -0.15) is 0 Å². The highest BCUT2D eigenvalue weighted by Gasteiger charge is 1.99. The van der Waals surface area contributed by atoms with Crippen LogP contribution in [0.1, 0.15) is 10.5 Å². The van der Waals surface area contributed by atoms with E-state index in [4.69, 9.17) is 17.3 Å². The summed E-state index contributed by atoms with van der Waals surface area (Å²) in [5.41, 5.74) is 5.11. The molecule has 0 spiro atoms. The smallest absolute Gasteiger partial charge is 0.267 e. The van der Waals surface area contributed by atoms with Crippen LogP contribution in [0.5, 0.6) is 0 Å². The predicted molar refractivity (Wildman–Crippen MR) is 45.0 cm³/mol. The first kappa shape index (κ1) is 10.2. The Balaban J connectivity index is 0.000001000. The van der Waals surface area contributed by atoms with Crippen LogP contribution in [0.2, 0.25) is 5.02 Å². The zero-order chi connectivity index (χ0) is 7.56. The lowest BCUT2D eigenvalue weighted by molar-refractivity contribution is 0.0995. The molecule has 0 unspecified atom stereocenters. The van der Waals surface area contributed by atoms with Crippen molar-refractivity contribution in [1.82, 2.24) is 4.98 Å². The molecule has 1 rings (SSSR count). The molecule has 1 aromatic rings. The van der Waals surface area contributed by atoms with E-state index in [1.807, 2.05) is 0 Å². The van der Waals surface area contributed by atoms with Gasteiger partial charge in [-0.05, 0) is 12.1 Å². The second-order valence-electron chi connectivity index (χ2n) is 1.72. The molecule has 11 heavy (non-hydrogen) atoms. The van der Waals surface area contributed by atoms with Gasteiger partial charge in [0, 0.05) is 11.2 Å². The Morgan fingerprint density at radius 2 is 2.27 bits per heavy atom. The number of nitrogens with two attached hydrogens (primary N) is 1. The van der Waals surface area contributed by atoms with E-state index in [1.54, 1.807) is 6.07 Å². The van der Waals surface area contributed by atoms with Crippen molar-refractivity contribution in [2.75, 3.05) is 0 Å². The molecule has 5 heteroatoms. The van der Waals surface area contributed by atoms with E-state index in [0.717, 1.165) is 0 Å². The molecular weight excluding hydrogens is 187 g/mol. The van der Waals surface area contributed by atoms with E-state index in [9.17, 15) is 4.79 Å². The van der Waals surface area contributed by atoms with Crippen molar-refractivity contribution >= 4 is 29.9 Å². The Morgan fingerprint density at radius 1 is 1.64 bits per heavy atom. The first-order valence-electron chi connectivity index (χ1n) is 2.61. The fourth-order valence-electron chi connectivity index (χ4n) is 0.540. The maximum absolute atomic E-state index is 10.5. The summed E-state index contributed by atoms with van der Waals surface area (Å²) in [6.45, 7) is 0. The van der Waals surface area contributed by atoms with E-state index in [-0.39, 0.29) is 18.1 Å². The molecule has 3 nitrogen and oxygen atoms in total. The van der Waals surface area contributed by atoms with Crippen LogP contribution >= 0.6 is 24.0 Å². The molecule has 0 aliphatic heterocycles.